The molecule has 0 saturated heterocycles. The number of amides is 1. The Balaban J connectivity index is 1.78. The van der Waals surface area contributed by atoms with Crippen molar-refractivity contribution in [3.8, 4) is 11.1 Å². The Hall–Kier alpha value is -1.94. The molecule has 2 aromatic rings. The molecular weight excluding hydrogens is 445 g/mol. The lowest BCUT2D eigenvalue weighted by Gasteiger charge is -2.20. The Morgan fingerprint density at radius 2 is 1.56 bits per heavy atom. The van der Waals surface area contributed by atoms with Gasteiger partial charge in [0.2, 0.25) is 5.91 Å². The Labute approximate surface area is 205 Å². The summed E-state index contributed by atoms with van der Waals surface area (Å²) in [6.45, 7) is 7.85. The monoisotopic (exact) mass is 485 g/mol. The average molecular weight is 486 g/mol. The van der Waals surface area contributed by atoms with Crippen LogP contribution in [0.2, 0.25) is 0 Å². The molecule has 0 aromatic heterocycles. The number of benzene rings is 2. The molecule has 0 heterocycles. The van der Waals surface area contributed by atoms with Crippen molar-refractivity contribution in [1.29, 1.82) is 0 Å². The van der Waals surface area contributed by atoms with Gasteiger partial charge >= 0.3 is 7.60 Å². The molecule has 6 heteroatoms. The Kier molecular flexibility index (Phi) is 10.4. The highest BCUT2D eigenvalue weighted by atomic mass is 31.2. The van der Waals surface area contributed by atoms with E-state index in [9.17, 15) is 9.36 Å². The maximum absolute atomic E-state index is 13.3. The van der Waals surface area contributed by atoms with Gasteiger partial charge in [0.25, 0.3) is 0 Å². The smallest absolute Gasteiger partial charge is 0.330 e. The molecule has 0 aliphatic heterocycles. The van der Waals surface area contributed by atoms with E-state index in [0.717, 1.165) is 66.3 Å². The highest BCUT2D eigenvalue weighted by Crippen LogP contribution is 2.50. The predicted molar refractivity (Wildman–Crippen MR) is 140 cm³/mol. The van der Waals surface area contributed by atoms with Gasteiger partial charge in [0.05, 0.1) is 25.3 Å². The quantitative estimate of drug-likeness (QED) is 0.216. The van der Waals surface area contributed by atoms with Crippen molar-refractivity contribution in [2.45, 2.75) is 71.6 Å². The van der Waals surface area contributed by atoms with Gasteiger partial charge in [-0.15, -0.1) is 0 Å². The van der Waals surface area contributed by atoms with E-state index in [1.807, 2.05) is 12.1 Å². The van der Waals surface area contributed by atoms with Crippen LogP contribution in [0.15, 0.2) is 42.5 Å². The zero-order valence-corrected chi connectivity index (χ0v) is 21.9. The third kappa shape index (κ3) is 6.59. The fraction of sp³-hybridized carbons (Fsp3) is 0.536. The maximum Gasteiger partial charge on any atom is 0.330 e. The summed E-state index contributed by atoms with van der Waals surface area (Å²) in [5.41, 5.74) is 5.55. The van der Waals surface area contributed by atoms with Gasteiger partial charge in [0.1, 0.15) is 0 Å². The van der Waals surface area contributed by atoms with E-state index >= 15 is 0 Å². The molecule has 0 radical (unpaired) electrons. The summed E-state index contributed by atoms with van der Waals surface area (Å²) in [4.78, 5) is 13.2. The first kappa shape index (κ1) is 26.7. The Bertz CT molecular complexity index is 976. The van der Waals surface area contributed by atoms with Crippen LogP contribution in [0.5, 0.6) is 0 Å². The first-order valence-corrected chi connectivity index (χ1v) is 14.6. The highest BCUT2D eigenvalue weighted by Gasteiger charge is 2.35. The van der Waals surface area contributed by atoms with Crippen LogP contribution in [0, 0.1) is 0 Å². The SMILES string of the molecule is CCCCOP(=O)(CCCc1cccc2c1C(C(=O)NCCC)c1ccccc1-2)OCCCC. The van der Waals surface area contributed by atoms with Gasteiger partial charge < -0.3 is 14.4 Å². The van der Waals surface area contributed by atoms with Crippen molar-refractivity contribution in [1.82, 2.24) is 5.32 Å². The third-order valence-electron chi connectivity index (χ3n) is 6.31. The van der Waals surface area contributed by atoms with Crippen LogP contribution in [0.1, 0.15) is 81.9 Å². The molecule has 0 spiro atoms. The topological polar surface area (TPSA) is 64.6 Å². The minimum Gasteiger partial charge on any atom is -0.355 e. The number of hydrogen-bond donors (Lipinski definition) is 1. The first-order chi connectivity index (χ1) is 16.5. The summed E-state index contributed by atoms with van der Waals surface area (Å²) in [6.07, 6.45) is 6.45. The van der Waals surface area contributed by atoms with Gasteiger partial charge in [-0.1, -0.05) is 76.1 Å². The molecular formula is C28H40NO4P. The molecule has 0 fully saturated rings. The number of hydrogen-bond acceptors (Lipinski definition) is 4. The van der Waals surface area contributed by atoms with Crippen LogP contribution in [0.4, 0.5) is 0 Å². The van der Waals surface area contributed by atoms with Crippen molar-refractivity contribution in [3.05, 3.63) is 59.2 Å². The van der Waals surface area contributed by atoms with Gasteiger partial charge in [-0.25, -0.2) is 0 Å². The van der Waals surface area contributed by atoms with Crippen LogP contribution in [0.3, 0.4) is 0 Å². The molecule has 3 rings (SSSR count). The molecule has 1 atom stereocenters. The minimum atomic E-state index is -3.12. The van der Waals surface area contributed by atoms with E-state index in [2.05, 4.69) is 56.4 Å². The maximum atomic E-state index is 13.3. The van der Waals surface area contributed by atoms with Gasteiger partial charge in [0, 0.05) is 6.54 Å². The summed E-state index contributed by atoms with van der Waals surface area (Å²) in [7, 11) is -3.12. The lowest BCUT2D eigenvalue weighted by Crippen LogP contribution is -2.30. The normalized spacial score (nSPS) is 14.6. The number of unbranched alkanes of at least 4 members (excludes halogenated alkanes) is 2. The largest absolute Gasteiger partial charge is 0.355 e. The number of carbonyl (C=O) groups excluding carboxylic acids is 1. The van der Waals surface area contributed by atoms with Crippen LogP contribution >= 0.6 is 7.60 Å². The van der Waals surface area contributed by atoms with E-state index in [0.29, 0.717) is 32.3 Å². The van der Waals surface area contributed by atoms with Gasteiger partial charge in [-0.2, -0.15) is 0 Å². The summed E-state index contributed by atoms with van der Waals surface area (Å²) in [6, 6.07) is 14.5. The second-order valence-electron chi connectivity index (χ2n) is 9.00. The van der Waals surface area contributed by atoms with Crippen LogP contribution in [-0.4, -0.2) is 31.8 Å². The predicted octanol–water partition coefficient (Wildman–Crippen LogP) is 7.08. The highest BCUT2D eigenvalue weighted by molar-refractivity contribution is 7.53. The molecule has 0 bridgehead atoms. The van der Waals surface area contributed by atoms with Crippen LogP contribution in [-0.2, 0) is 24.8 Å². The molecule has 1 aliphatic carbocycles. The second kappa shape index (κ2) is 13.2. The van der Waals surface area contributed by atoms with Crippen LogP contribution in [0.25, 0.3) is 11.1 Å². The van der Waals surface area contributed by atoms with Crippen molar-refractivity contribution >= 4 is 13.5 Å². The lowest BCUT2D eigenvalue weighted by molar-refractivity contribution is -0.121. The van der Waals surface area contributed by atoms with Gasteiger partial charge in [-0.3, -0.25) is 9.36 Å². The fourth-order valence-electron chi connectivity index (χ4n) is 4.50. The van der Waals surface area contributed by atoms with Crippen molar-refractivity contribution in [2.24, 2.45) is 0 Å². The number of carbonyl (C=O) groups is 1. The molecule has 1 amide bonds. The molecule has 1 unspecified atom stereocenters. The van der Waals surface area contributed by atoms with E-state index in [-0.39, 0.29) is 11.8 Å². The third-order valence-corrected chi connectivity index (χ3v) is 8.32. The van der Waals surface area contributed by atoms with Gasteiger partial charge in [0.15, 0.2) is 0 Å². The summed E-state index contributed by atoms with van der Waals surface area (Å²) in [5, 5.41) is 3.10. The molecule has 5 nitrogen and oxygen atoms in total. The summed E-state index contributed by atoms with van der Waals surface area (Å²) < 4.78 is 24.9. The Morgan fingerprint density at radius 1 is 0.882 bits per heavy atom. The van der Waals surface area contributed by atoms with Crippen molar-refractivity contribution < 1.29 is 18.4 Å². The van der Waals surface area contributed by atoms with Crippen LogP contribution < -0.4 is 5.32 Å². The van der Waals surface area contributed by atoms with E-state index < -0.39 is 7.60 Å². The summed E-state index contributed by atoms with van der Waals surface area (Å²) >= 11 is 0. The van der Waals surface area contributed by atoms with E-state index in [4.69, 9.17) is 9.05 Å². The number of nitrogens with one attached hydrogen (secondary N) is 1. The molecule has 2 aromatic carbocycles. The molecule has 34 heavy (non-hydrogen) atoms. The van der Waals surface area contributed by atoms with E-state index in [1.165, 1.54) is 0 Å². The average Bonchev–Trinajstić information content (AvgIpc) is 3.18. The lowest BCUT2D eigenvalue weighted by atomic mass is 9.90. The minimum absolute atomic E-state index is 0.0527. The molecule has 0 saturated carbocycles. The van der Waals surface area contributed by atoms with Crippen molar-refractivity contribution in [3.63, 3.8) is 0 Å². The second-order valence-corrected chi connectivity index (χ2v) is 11.2. The van der Waals surface area contributed by atoms with E-state index in [1.54, 1.807) is 0 Å². The molecule has 1 aliphatic rings. The van der Waals surface area contributed by atoms with Crippen molar-refractivity contribution in [2.75, 3.05) is 25.9 Å². The molecule has 186 valence electrons. The van der Waals surface area contributed by atoms with Gasteiger partial charge in [-0.05, 0) is 59.9 Å². The Morgan fingerprint density at radius 3 is 2.24 bits per heavy atom. The molecule has 1 N–H and O–H groups in total. The fourth-order valence-corrected chi connectivity index (χ4v) is 6.20. The standard InChI is InChI=1S/C28H40NO4P/c1-4-7-19-32-34(31,33-20-8-5-2)21-12-14-22-13-11-17-24-23-15-9-10-16-25(23)27(26(22)24)28(30)29-18-6-3/h9-11,13,15-17,27H,4-8,12,14,18-21H2,1-3H3,(H,29,30). The zero-order chi connectivity index (χ0) is 24.4. The number of aryl methyl sites for hydroxylation is 1. The summed E-state index contributed by atoms with van der Waals surface area (Å²) in [5.74, 6) is -0.251. The zero-order valence-electron chi connectivity index (χ0n) is 21.0. The number of rotatable bonds is 15. The number of fused-ring (bicyclic) bond motifs is 3. The first-order valence-electron chi connectivity index (χ1n) is 12.9.